The normalized spacial score (nSPS) is 38.2. The molecule has 0 aromatic rings. The first-order chi connectivity index (χ1) is 3.77. The van der Waals surface area contributed by atoms with Gasteiger partial charge in [0.1, 0.15) is 6.61 Å². The molecule has 1 rings (SSSR count). The van der Waals surface area contributed by atoms with Gasteiger partial charge in [-0.15, -0.1) is 0 Å². The maximum atomic E-state index is 8.99. The second kappa shape index (κ2) is 2.23. The number of aliphatic hydroxyl groups excluding tert-OH is 1. The molecule has 0 spiro atoms. The molecule has 1 saturated heterocycles. The molecule has 1 unspecified atom stereocenters. The Kier molecular flexibility index (Phi) is 1.77. The van der Waals surface area contributed by atoms with Crippen LogP contribution in [-0.2, 0) is 4.74 Å². The van der Waals surface area contributed by atoms with E-state index in [1.54, 1.807) is 0 Å². The van der Waals surface area contributed by atoms with Crippen molar-refractivity contribution in [3.63, 3.8) is 0 Å². The molecular weight excluding hydrogens is 128 g/mol. The van der Waals surface area contributed by atoms with Crippen molar-refractivity contribution in [2.24, 2.45) is 0 Å². The standard InChI is InChI=1S/C4H8O3S/c5-3-4(6)7-1-2-8-4/h5-6H,1-3H2. The molecule has 1 fully saturated rings. The van der Waals surface area contributed by atoms with Gasteiger partial charge in [0.15, 0.2) is 0 Å². The Morgan fingerprint density at radius 1 is 1.75 bits per heavy atom. The van der Waals surface area contributed by atoms with Crippen LogP contribution in [-0.4, -0.2) is 34.3 Å². The number of aliphatic hydroxyl groups is 2. The fourth-order valence-electron chi connectivity index (χ4n) is 0.535. The zero-order chi connectivity index (χ0) is 6.04. The highest BCUT2D eigenvalue weighted by atomic mass is 32.2. The van der Waals surface area contributed by atoms with Crippen LogP contribution in [0.3, 0.4) is 0 Å². The van der Waals surface area contributed by atoms with Gasteiger partial charge in [0.25, 0.3) is 0 Å². The highest BCUT2D eigenvalue weighted by molar-refractivity contribution is 8.00. The zero-order valence-electron chi connectivity index (χ0n) is 4.33. The van der Waals surface area contributed by atoms with Crippen molar-refractivity contribution in [2.75, 3.05) is 19.0 Å². The lowest BCUT2D eigenvalue weighted by Gasteiger charge is -2.15. The van der Waals surface area contributed by atoms with E-state index in [2.05, 4.69) is 0 Å². The van der Waals surface area contributed by atoms with Crippen LogP contribution in [0, 0.1) is 0 Å². The van der Waals surface area contributed by atoms with Gasteiger partial charge in [-0.25, -0.2) is 0 Å². The molecule has 8 heavy (non-hydrogen) atoms. The molecule has 1 heterocycles. The van der Waals surface area contributed by atoms with Crippen LogP contribution in [0.4, 0.5) is 0 Å². The Morgan fingerprint density at radius 2 is 2.50 bits per heavy atom. The molecule has 4 heteroatoms. The fraction of sp³-hybridized carbons (Fsp3) is 1.00. The van der Waals surface area contributed by atoms with Crippen molar-refractivity contribution < 1.29 is 14.9 Å². The minimum Gasteiger partial charge on any atom is -0.390 e. The highest BCUT2D eigenvalue weighted by Crippen LogP contribution is 2.28. The van der Waals surface area contributed by atoms with Gasteiger partial charge in [0.2, 0.25) is 5.12 Å². The van der Waals surface area contributed by atoms with E-state index < -0.39 is 5.12 Å². The van der Waals surface area contributed by atoms with Gasteiger partial charge in [0, 0.05) is 5.75 Å². The van der Waals surface area contributed by atoms with Gasteiger partial charge < -0.3 is 14.9 Å². The maximum Gasteiger partial charge on any atom is 0.239 e. The van der Waals surface area contributed by atoms with E-state index in [1.807, 2.05) is 0 Å². The first-order valence-electron chi connectivity index (χ1n) is 2.38. The Balaban J connectivity index is 2.40. The molecule has 0 aromatic heterocycles. The quantitative estimate of drug-likeness (QED) is 0.505. The summed E-state index contributed by atoms with van der Waals surface area (Å²) in [6.45, 7) is 0.208. The van der Waals surface area contributed by atoms with E-state index >= 15 is 0 Å². The predicted octanol–water partition coefficient (Wildman–Crippen LogP) is -0.612. The molecule has 0 aromatic carbocycles. The molecule has 0 aliphatic carbocycles. The van der Waals surface area contributed by atoms with E-state index in [1.165, 1.54) is 11.8 Å². The molecule has 0 bridgehead atoms. The van der Waals surface area contributed by atoms with Crippen molar-refractivity contribution in [1.82, 2.24) is 0 Å². The number of hydrogen-bond acceptors (Lipinski definition) is 4. The summed E-state index contributed by atoms with van der Waals surface area (Å²) in [5.41, 5.74) is 0. The third-order valence-corrected chi connectivity index (χ3v) is 2.01. The summed E-state index contributed by atoms with van der Waals surface area (Å²) in [5, 5.41) is 16.1. The molecule has 0 radical (unpaired) electrons. The molecule has 0 amide bonds. The van der Waals surface area contributed by atoms with Crippen molar-refractivity contribution in [3.8, 4) is 0 Å². The Morgan fingerprint density at radius 3 is 2.75 bits per heavy atom. The Labute approximate surface area is 51.7 Å². The fourth-order valence-corrected chi connectivity index (χ4v) is 1.28. The second-order valence-corrected chi connectivity index (χ2v) is 2.90. The number of hydrogen-bond donors (Lipinski definition) is 2. The second-order valence-electron chi connectivity index (χ2n) is 1.57. The van der Waals surface area contributed by atoms with Gasteiger partial charge in [-0.3, -0.25) is 0 Å². The topological polar surface area (TPSA) is 49.7 Å². The molecule has 1 atom stereocenters. The zero-order valence-corrected chi connectivity index (χ0v) is 5.15. The summed E-state index contributed by atoms with van der Waals surface area (Å²) in [6, 6.07) is 0. The average Bonchev–Trinajstić information content (AvgIpc) is 2.17. The molecule has 1 aliphatic heterocycles. The summed E-state index contributed by atoms with van der Waals surface area (Å²) in [4.78, 5) is 0. The first-order valence-corrected chi connectivity index (χ1v) is 3.36. The van der Waals surface area contributed by atoms with E-state index in [-0.39, 0.29) is 6.61 Å². The minimum absolute atomic E-state index is 0.322. The van der Waals surface area contributed by atoms with E-state index in [0.29, 0.717) is 6.61 Å². The summed E-state index contributed by atoms with van der Waals surface area (Å²) < 4.78 is 4.76. The van der Waals surface area contributed by atoms with Crippen molar-refractivity contribution >= 4 is 11.8 Å². The van der Waals surface area contributed by atoms with Crippen LogP contribution >= 0.6 is 11.8 Å². The summed E-state index contributed by atoms with van der Waals surface area (Å²) >= 11 is 1.23. The van der Waals surface area contributed by atoms with Crippen LogP contribution in [0.25, 0.3) is 0 Å². The molecule has 48 valence electrons. The summed E-state index contributed by atoms with van der Waals surface area (Å²) in [6.07, 6.45) is 0. The lowest BCUT2D eigenvalue weighted by atomic mass is 10.7. The lowest BCUT2D eigenvalue weighted by Crippen LogP contribution is -2.27. The predicted molar refractivity (Wildman–Crippen MR) is 30.4 cm³/mol. The molecular formula is C4H8O3S. The SMILES string of the molecule is OCC1(O)OCCS1. The van der Waals surface area contributed by atoms with Crippen molar-refractivity contribution in [2.45, 2.75) is 5.12 Å². The number of rotatable bonds is 1. The number of thioether (sulfide) groups is 1. The summed E-state index contributed by atoms with van der Waals surface area (Å²) in [7, 11) is 0. The van der Waals surface area contributed by atoms with E-state index in [9.17, 15) is 0 Å². The van der Waals surface area contributed by atoms with Gasteiger partial charge in [0.05, 0.1) is 6.61 Å². The van der Waals surface area contributed by atoms with E-state index in [0.717, 1.165) is 5.75 Å². The third-order valence-electron chi connectivity index (χ3n) is 0.938. The first kappa shape index (κ1) is 6.35. The number of ether oxygens (including phenoxy) is 1. The smallest absolute Gasteiger partial charge is 0.239 e. The Hall–Kier alpha value is 0.230. The molecule has 2 N–H and O–H groups in total. The van der Waals surface area contributed by atoms with Crippen molar-refractivity contribution in [1.29, 1.82) is 0 Å². The summed E-state index contributed by atoms with van der Waals surface area (Å²) in [5.74, 6) is 0.761. The van der Waals surface area contributed by atoms with Gasteiger partial charge in [-0.2, -0.15) is 0 Å². The maximum absolute atomic E-state index is 8.99. The molecule has 0 saturated carbocycles. The largest absolute Gasteiger partial charge is 0.390 e. The monoisotopic (exact) mass is 136 g/mol. The molecule has 3 nitrogen and oxygen atoms in total. The van der Waals surface area contributed by atoms with Crippen LogP contribution in [0.5, 0.6) is 0 Å². The van der Waals surface area contributed by atoms with Crippen LogP contribution in [0.2, 0.25) is 0 Å². The van der Waals surface area contributed by atoms with Crippen molar-refractivity contribution in [3.05, 3.63) is 0 Å². The average molecular weight is 136 g/mol. The third kappa shape index (κ3) is 1.14. The van der Waals surface area contributed by atoms with Gasteiger partial charge >= 0.3 is 0 Å². The van der Waals surface area contributed by atoms with Crippen LogP contribution in [0.1, 0.15) is 0 Å². The van der Waals surface area contributed by atoms with Crippen LogP contribution in [0.15, 0.2) is 0 Å². The minimum atomic E-state index is -1.29. The van der Waals surface area contributed by atoms with E-state index in [4.69, 9.17) is 14.9 Å². The van der Waals surface area contributed by atoms with Crippen LogP contribution < -0.4 is 0 Å². The lowest BCUT2D eigenvalue weighted by molar-refractivity contribution is -0.140. The van der Waals surface area contributed by atoms with Gasteiger partial charge in [-0.05, 0) is 0 Å². The highest BCUT2D eigenvalue weighted by Gasteiger charge is 2.32. The van der Waals surface area contributed by atoms with Gasteiger partial charge in [-0.1, -0.05) is 11.8 Å². The Bertz CT molecular complexity index is 79.4. The molecule has 1 aliphatic rings.